The van der Waals surface area contributed by atoms with Gasteiger partial charge in [-0.25, -0.2) is 14.6 Å². The van der Waals surface area contributed by atoms with Crippen LogP contribution in [0.2, 0.25) is 5.02 Å². The molecule has 2 heterocycles. The van der Waals surface area contributed by atoms with Crippen LogP contribution in [0.15, 0.2) is 80.1 Å². The van der Waals surface area contributed by atoms with Crippen molar-refractivity contribution in [2.24, 2.45) is 4.99 Å². The van der Waals surface area contributed by atoms with Crippen LogP contribution in [-0.4, -0.2) is 50.5 Å². The fourth-order valence-corrected chi connectivity index (χ4v) is 6.98. The lowest BCUT2D eigenvalue weighted by molar-refractivity contribution is -0.143. The molecular weight excluding hydrogens is 752 g/mol. The van der Waals surface area contributed by atoms with E-state index in [1.807, 2.05) is 24.3 Å². The number of ether oxygens (including phenoxy) is 6. The third kappa shape index (κ3) is 7.90. The highest BCUT2D eigenvalue weighted by Crippen LogP contribution is 2.38. The van der Waals surface area contributed by atoms with Gasteiger partial charge < -0.3 is 28.4 Å². The highest BCUT2D eigenvalue weighted by Gasteiger charge is 2.34. The Morgan fingerprint density at radius 1 is 1.00 bits per heavy atom. The zero-order chi connectivity index (χ0) is 35.9. The molecule has 1 atom stereocenters. The van der Waals surface area contributed by atoms with Crippen LogP contribution < -0.4 is 33.8 Å². The van der Waals surface area contributed by atoms with Gasteiger partial charge in [0, 0.05) is 20.6 Å². The Labute approximate surface area is 305 Å². The molecule has 0 aliphatic carbocycles. The number of allylic oxidation sites excluding steroid dienone is 1. The number of benzene rings is 3. The molecule has 0 amide bonds. The van der Waals surface area contributed by atoms with Crippen LogP contribution in [-0.2, 0) is 25.7 Å². The van der Waals surface area contributed by atoms with Crippen molar-refractivity contribution in [2.75, 3.05) is 34.0 Å². The Balaban J connectivity index is 1.66. The molecule has 0 N–H and O–H groups in total. The van der Waals surface area contributed by atoms with Gasteiger partial charge in [-0.1, -0.05) is 63.1 Å². The highest BCUT2D eigenvalue weighted by molar-refractivity contribution is 9.10. The minimum Gasteiger partial charge on any atom is -0.493 e. The van der Waals surface area contributed by atoms with E-state index in [2.05, 4.69) is 20.9 Å². The van der Waals surface area contributed by atoms with Crippen LogP contribution in [0.3, 0.4) is 0 Å². The number of esters is 2. The zero-order valence-corrected chi connectivity index (χ0v) is 31.1. The monoisotopic (exact) mass is 784 g/mol. The smallest absolute Gasteiger partial charge is 0.343 e. The molecule has 1 aromatic heterocycles. The number of rotatable bonds is 13. The van der Waals surface area contributed by atoms with Gasteiger partial charge in [0.25, 0.3) is 5.56 Å². The first-order valence-electron chi connectivity index (χ1n) is 15.5. The average Bonchev–Trinajstić information content (AvgIpc) is 3.40. The summed E-state index contributed by atoms with van der Waals surface area (Å²) < 4.78 is 36.0. The molecule has 0 spiro atoms. The van der Waals surface area contributed by atoms with Crippen LogP contribution in [0.25, 0.3) is 6.08 Å². The van der Waals surface area contributed by atoms with Crippen LogP contribution in [0.4, 0.5) is 0 Å². The lowest BCUT2D eigenvalue weighted by Gasteiger charge is -2.25. The number of methoxy groups -OCH3 is 2. The van der Waals surface area contributed by atoms with E-state index in [1.54, 1.807) is 57.2 Å². The standard InChI is InChI=1S/C36H34BrClN2O9S/c1-6-46-27-15-21(12-13-26(27)48-19-30(41)45-5)32-31(35(43)47-7-2)20(3)39-36-40(32)34(42)29(50-36)16-23-14-24(37)17-28(44-4)33(23)49-18-22-10-8-9-11-25(22)38/h8-17,32H,6-7,18-19H2,1-5H3/b29-16+/t32-/m0/s1. The fourth-order valence-electron chi connectivity index (χ4n) is 5.29. The third-order valence-electron chi connectivity index (χ3n) is 7.56. The quantitative estimate of drug-likeness (QED) is 0.156. The van der Waals surface area contributed by atoms with E-state index in [4.69, 9.17) is 40.0 Å². The van der Waals surface area contributed by atoms with E-state index in [-0.39, 0.29) is 32.0 Å². The van der Waals surface area contributed by atoms with Gasteiger partial charge in [0.15, 0.2) is 34.4 Å². The van der Waals surface area contributed by atoms with Gasteiger partial charge in [-0.2, -0.15) is 0 Å². The van der Waals surface area contributed by atoms with Crippen LogP contribution in [0.1, 0.15) is 43.5 Å². The van der Waals surface area contributed by atoms with Gasteiger partial charge in [-0.3, -0.25) is 9.36 Å². The van der Waals surface area contributed by atoms with Crippen molar-refractivity contribution < 1.29 is 38.0 Å². The molecule has 262 valence electrons. The average molecular weight is 786 g/mol. The molecule has 0 unspecified atom stereocenters. The molecule has 1 aliphatic rings. The van der Waals surface area contributed by atoms with E-state index in [1.165, 1.54) is 18.8 Å². The van der Waals surface area contributed by atoms with Gasteiger partial charge in [-0.15, -0.1) is 0 Å². The summed E-state index contributed by atoms with van der Waals surface area (Å²) in [6, 6.07) is 15.0. The van der Waals surface area contributed by atoms with Crippen molar-refractivity contribution >= 4 is 56.9 Å². The summed E-state index contributed by atoms with van der Waals surface area (Å²) in [5, 5.41) is 0.557. The van der Waals surface area contributed by atoms with Crippen molar-refractivity contribution in [3.8, 4) is 23.0 Å². The largest absolute Gasteiger partial charge is 0.493 e. The Hall–Kier alpha value is -4.59. The van der Waals surface area contributed by atoms with E-state index in [9.17, 15) is 14.4 Å². The Morgan fingerprint density at radius 3 is 2.48 bits per heavy atom. The summed E-state index contributed by atoms with van der Waals surface area (Å²) in [5.41, 5.74) is 2.09. The number of halogens is 2. The second-order valence-electron chi connectivity index (χ2n) is 10.7. The van der Waals surface area contributed by atoms with Gasteiger partial charge in [0.05, 0.1) is 49.3 Å². The van der Waals surface area contributed by atoms with Gasteiger partial charge in [0.1, 0.15) is 6.61 Å². The maximum atomic E-state index is 14.4. The van der Waals surface area contributed by atoms with Gasteiger partial charge in [0.2, 0.25) is 0 Å². The van der Waals surface area contributed by atoms with E-state index < -0.39 is 23.5 Å². The SMILES string of the molecule is CCOC(=O)C1=C(C)N=c2s/c(=C/c3cc(Br)cc(OC)c3OCc3ccccc3Cl)c(=O)n2[C@H]1c1ccc(OCC(=O)OC)c(OCC)c1. The maximum absolute atomic E-state index is 14.4. The molecule has 0 fully saturated rings. The molecule has 4 aromatic rings. The Kier molecular flexibility index (Phi) is 12.0. The lowest BCUT2D eigenvalue weighted by atomic mass is 9.95. The van der Waals surface area contributed by atoms with Gasteiger partial charge >= 0.3 is 11.9 Å². The molecule has 0 saturated carbocycles. The molecule has 0 radical (unpaired) electrons. The molecule has 0 bridgehead atoms. The number of hydrogen-bond acceptors (Lipinski definition) is 11. The second-order valence-corrected chi connectivity index (χ2v) is 13.0. The molecule has 1 aliphatic heterocycles. The summed E-state index contributed by atoms with van der Waals surface area (Å²) in [6.07, 6.45) is 1.70. The van der Waals surface area contributed by atoms with Crippen LogP contribution in [0, 0.1) is 0 Å². The van der Waals surface area contributed by atoms with Crippen molar-refractivity contribution in [1.82, 2.24) is 4.57 Å². The number of thiazole rings is 1. The first-order valence-corrected chi connectivity index (χ1v) is 17.5. The van der Waals surface area contributed by atoms with Gasteiger partial charge in [-0.05, 0) is 62.7 Å². The first-order chi connectivity index (χ1) is 24.1. The summed E-state index contributed by atoms with van der Waals surface area (Å²) in [7, 11) is 2.80. The molecule has 14 heteroatoms. The Bertz CT molecular complexity index is 2140. The number of fused-ring (bicyclic) bond motifs is 1. The zero-order valence-electron chi connectivity index (χ0n) is 27.9. The summed E-state index contributed by atoms with van der Waals surface area (Å²) >= 11 is 11.1. The highest BCUT2D eigenvalue weighted by atomic mass is 79.9. The summed E-state index contributed by atoms with van der Waals surface area (Å²) in [4.78, 5) is 44.7. The molecule has 3 aromatic carbocycles. The molecule has 5 rings (SSSR count). The number of hydrogen-bond donors (Lipinski definition) is 0. The van der Waals surface area contributed by atoms with Crippen LogP contribution >= 0.6 is 38.9 Å². The minimum absolute atomic E-state index is 0.124. The molecule has 50 heavy (non-hydrogen) atoms. The number of aromatic nitrogens is 1. The number of nitrogens with zero attached hydrogens (tertiary/aromatic N) is 2. The predicted octanol–water partition coefficient (Wildman–Crippen LogP) is 5.75. The molecule has 11 nitrogen and oxygen atoms in total. The van der Waals surface area contributed by atoms with Crippen molar-refractivity contribution in [3.63, 3.8) is 0 Å². The topological polar surface area (TPSA) is 124 Å². The fraction of sp³-hybridized carbons (Fsp3) is 0.278. The van der Waals surface area contributed by atoms with Crippen molar-refractivity contribution in [2.45, 2.75) is 33.4 Å². The lowest BCUT2D eigenvalue weighted by Crippen LogP contribution is -2.40. The second kappa shape index (κ2) is 16.4. The number of carbonyl (C=O) groups excluding carboxylic acids is 2. The normalized spacial score (nSPS) is 14.1. The van der Waals surface area contributed by atoms with Crippen molar-refractivity contribution in [1.29, 1.82) is 0 Å². The predicted molar refractivity (Wildman–Crippen MR) is 192 cm³/mol. The Morgan fingerprint density at radius 2 is 1.78 bits per heavy atom. The summed E-state index contributed by atoms with van der Waals surface area (Å²) in [6.45, 7) is 5.45. The van der Waals surface area contributed by atoms with Crippen molar-refractivity contribution in [3.05, 3.63) is 112 Å². The molecular formula is C36H34BrClN2O9S. The first kappa shape index (κ1) is 36.7. The number of carbonyl (C=O) groups is 2. The van der Waals surface area contributed by atoms with E-state index in [0.717, 1.165) is 16.9 Å². The molecule has 0 saturated heterocycles. The third-order valence-corrected chi connectivity index (χ3v) is 9.37. The maximum Gasteiger partial charge on any atom is 0.343 e. The van der Waals surface area contributed by atoms with E-state index >= 15 is 0 Å². The minimum atomic E-state index is -0.922. The van der Waals surface area contributed by atoms with Crippen LogP contribution in [0.5, 0.6) is 23.0 Å². The summed E-state index contributed by atoms with van der Waals surface area (Å²) in [5.74, 6) is 0.290. The van der Waals surface area contributed by atoms with E-state index in [0.29, 0.717) is 58.7 Å².